The molecular weight excluding hydrogens is 246 g/mol. The van der Waals surface area contributed by atoms with Gasteiger partial charge >= 0.3 is 0 Å². The SMILES string of the molecule is CNC(=O)COc1c(OC)cccc1C1=NCCN1. The second-order valence-electron chi connectivity index (χ2n) is 3.96. The molecule has 0 bridgehead atoms. The molecule has 2 rings (SSSR count). The van der Waals surface area contributed by atoms with Crippen molar-refractivity contribution in [3.8, 4) is 11.5 Å². The number of rotatable bonds is 5. The Bertz CT molecular complexity index is 500. The standard InChI is InChI=1S/C13H17N3O3/c1-14-11(17)8-19-12-9(13-15-6-7-16-13)4-3-5-10(12)18-2/h3-5H,6-8H2,1-2H3,(H,14,17)(H,15,16). The smallest absolute Gasteiger partial charge is 0.257 e. The predicted octanol–water partition coefficient (Wildman–Crippen LogP) is 0.170. The zero-order valence-corrected chi connectivity index (χ0v) is 11.0. The molecule has 2 N–H and O–H groups in total. The predicted molar refractivity (Wildman–Crippen MR) is 72.0 cm³/mol. The van der Waals surface area contributed by atoms with Crippen molar-refractivity contribution in [2.24, 2.45) is 4.99 Å². The Morgan fingerprint density at radius 3 is 3.00 bits per heavy atom. The second kappa shape index (κ2) is 6.08. The largest absolute Gasteiger partial charge is 0.493 e. The Labute approximate surface area is 111 Å². The van der Waals surface area contributed by atoms with Crippen LogP contribution in [0.15, 0.2) is 23.2 Å². The Kier molecular flexibility index (Phi) is 4.22. The first-order chi connectivity index (χ1) is 9.26. The van der Waals surface area contributed by atoms with Crippen LogP contribution in [0, 0.1) is 0 Å². The van der Waals surface area contributed by atoms with Gasteiger partial charge in [0.1, 0.15) is 5.84 Å². The van der Waals surface area contributed by atoms with E-state index in [1.165, 1.54) is 0 Å². The maximum absolute atomic E-state index is 11.3. The van der Waals surface area contributed by atoms with Gasteiger partial charge in [-0.2, -0.15) is 0 Å². The summed E-state index contributed by atoms with van der Waals surface area (Å²) in [5.41, 5.74) is 0.806. The van der Waals surface area contributed by atoms with Crippen LogP contribution in [0.25, 0.3) is 0 Å². The lowest BCUT2D eigenvalue weighted by atomic mass is 10.1. The number of methoxy groups -OCH3 is 1. The van der Waals surface area contributed by atoms with Gasteiger partial charge in [0.2, 0.25) is 0 Å². The minimum absolute atomic E-state index is 0.0584. The molecule has 0 atom stereocenters. The number of hydrogen-bond donors (Lipinski definition) is 2. The van der Waals surface area contributed by atoms with Crippen molar-refractivity contribution >= 4 is 11.7 Å². The number of amidine groups is 1. The van der Waals surface area contributed by atoms with Gasteiger partial charge in [0.05, 0.1) is 19.2 Å². The van der Waals surface area contributed by atoms with Gasteiger partial charge in [0.25, 0.3) is 5.91 Å². The monoisotopic (exact) mass is 263 g/mol. The Morgan fingerprint density at radius 2 is 2.37 bits per heavy atom. The Morgan fingerprint density at radius 1 is 1.53 bits per heavy atom. The first-order valence-electron chi connectivity index (χ1n) is 6.05. The fraction of sp³-hybridized carbons (Fsp3) is 0.385. The normalized spacial score (nSPS) is 13.5. The minimum Gasteiger partial charge on any atom is -0.493 e. The number of amides is 1. The van der Waals surface area contributed by atoms with Gasteiger partial charge in [-0.1, -0.05) is 6.07 Å². The van der Waals surface area contributed by atoms with Gasteiger partial charge in [-0.15, -0.1) is 0 Å². The molecule has 1 aliphatic heterocycles. The van der Waals surface area contributed by atoms with E-state index in [2.05, 4.69) is 15.6 Å². The van der Waals surface area contributed by atoms with E-state index in [1.54, 1.807) is 20.2 Å². The summed E-state index contributed by atoms with van der Waals surface area (Å²) in [7, 11) is 3.13. The maximum Gasteiger partial charge on any atom is 0.257 e. The lowest BCUT2D eigenvalue weighted by Crippen LogP contribution is -2.26. The number of likely N-dealkylation sites (N-methyl/N-ethyl adjacent to an activating group) is 1. The third kappa shape index (κ3) is 2.96. The number of hydrogen-bond acceptors (Lipinski definition) is 5. The fourth-order valence-corrected chi connectivity index (χ4v) is 1.80. The third-order valence-electron chi connectivity index (χ3n) is 2.75. The van der Waals surface area contributed by atoms with Crippen LogP contribution in [0.1, 0.15) is 5.56 Å². The highest BCUT2D eigenvalue weighted by Crippen LogP contribution is 2.31. The van der Waals surface area contributed by atoms with Crippen LogP contribution in [-0.4, -0.2) is 45.6 Å². The Hall–Kier alpha value is -2.24. The number of ether oxygens (including phenoxy) is 2. The number of para-hydroxylation sites is 1. The molecule has 1 aromatic carbocycles. The van der Waals surface area contributed by atoms with Crippen molar-refractivity contribution in [2.75, 3.05) is 33.9 Å². The topological polar surface area (TPSA) is 72.0 Å². The quantitative estimate of drug-likeness (QED) is 0.794. The molecule has 6 heteroatoms. The van der Waals surface area contributed by atoms with Crippen LogP contribution in [0.4, 0.5) is 0 Å². The third-order valence-corrected chi connectivity index (χ3v) is 2.75. The first-order valence-corrected chi connectivity index (χ1v) is 6.05. The molecule has 1 aliphatic rings. The summed E-state index contributed by atoms with van der Waals surface area (Å²) in [5, 5.41) is 5.69. The van der Waals surface area contributed by atoms with Crippen LogP contribution in [-0.2, 0) is 4.79 Å². The molecule has 19 heavy (non-hydrogen) atoms. The average Bonchev–Trinajstić information content (AvgIpc) is 2.98. The van der Waals surface area contributed by atoms with E-state index in [0.29, 0.717) is 11.5 Å². The zero-order chi connectivity index (χ0) is 13.7. The molecule has 0 unspecified atom stereocenters. The molecule has 0 aromatic heterocycles. The Balaban J connectivity index is 2.28. The van der Waals surface area contributed by atoms with E-state index in [0.717, 1.165) is 24.5 Å². The fourth-order valence-electron chi connectivity index (χ4n) is 1.80. The van der Waals surface area contributed by atoms with Gasteiger partial charge in [-0.05, 0) is 12.1 Å². The molecule has 0 fully saturated rings. The van der Waals surface area contributed by atoms with Crippen LogP contribution in [0.5, 0.6) is 11.5 Å². The van der Waals surface area contributed by atoms with Gasteiger partial charge in [-0.25, -0.2) is 0 Å². The van der Waals surface area contributed by atoms with E-state index < -0.39 is 0 Å². The molecule has 0 spiro atoms. The van der Waals surface area contributed by atoms with Crippen molar-refractivity contribution in [3.05, 3.63) is 23.8 Å². The molecule has 1 heterocycles. The number of carbonyl (C=O) groups is 1. The first kappa shape index (κ1) is 13.2. The highest BCUT2D eigenvalue weighted by Gasteiger charge is 2.18. The van der Waals surface area contributed by atoms with Gasteiger partial charge in [-0.3, -0.25) is 9.79 Å². The molecule has 1 aromatic rings. The van der Waals surface area contributed by atoms with Gasteiger partial charge in [0, 0.05) is 13.6 Å². The molecule has 102 valence electrons. The van der Waals surface area contributed by atoms with Crippen molar-refractivity contribution in [2.45, 2.75) is 0 Å². The molecule has 0 aliphatic carbocycles. The summed E-state index contributed by atoms with van der Waals surface area (Å²) in [5.74, 6) is 1.68. The van der Waals surface area contributed by atoms with Crippen molar-refractivity contribution < 1.29 is 14.3 Å². The molecule has 6 nitrogen and oxygen atoms in total. The van der Waals surface area contributed by atoms with Crippen LogP contribution in [0.3, 0.4) is 0 Å². The number of nitrogens with zero attached hydrogens (tertiary/aromatic N) is 1. The average molecular weight is 263 g/mol. The number of aliphatic imine (C=N–C) groups is 1. The van der Waals surface area contributed by atoms with E-state index in [1.807, 2.05) is 12.1 Å². The summed E-state index contributed by atoms with van der Waals surface area (Å²) in [4.78, 5) is 15.7. The van der Waals surface area contributed by atoms with Crippen LogP contribution in [0.2, 0.25) is 0 Å². The summed E-state index contributed by atoms with van der Waals surface area (Å²) >= 11 is 0. The van der Waals surface area contributed by atoms with E-state index in [4.69, 9.17) is 9.47 Å². The lowest BCUT2D eigenvalue weighted by molar-refractivity contribution is -0.122. The summed E-state index contributed by atoms with van der Waals surface area (Å²) in [6.45, 7) is 1.49. The lowest BCUT2D eigenvalue weighted by Gasteiger charge is -2.14. The zero-order valence-electron chi connectivity index (χ0n) is 11.0. The van der Waals surface area contributed by atoms with E-state index in [9.17, 15) is 4.79 Å². The maximum atomic E-state index is 11.3. The highest BCUT2D eigenvalue weighted by atomic mass is 16.5. The molecule has 0 saturated heterocycles. The second-order valence-corrected chi connectivity index (χ2v) is 3.96. The molecule has 1 amide bonds. The summed E-state index contributed by atoms with van der Waals surface area (Å²) < 4.78 is 10.8. The number of nitrogens with one attached hydrogen (secondary N) is 2. The molecule has 0 radical (unpaired) electrons. The van der Waals surface area contributed by atoms with Crippen molar-refractivity contribution in [1.29, 1.82) is 0 Å². The van der Waals surface area contributed by atoms with Crippen LogP contribution < -0.4 is 20.1 Å². The van der Waals surface area contributed by atoms with Crippen molar-refractivity contribution in [1.82, 2.24) is 10.6 Å². The summed E-state index contributed by atoms with van der Waals surface area (Å²) in [6.07, 6.45) is 0. The molecule has 0 saturated carbocycles. The molecular formula is C13H17N3O3. The van der Waals surface area contributed by atoms with E-state index >= 15 is 0 Å². The highest BCUT2D eigenvalue weighted by molar-refractivity contribution is 6.02. The minimum atomic E-state index is -0.196. The van der Waals surface area contributed by atoms with Crippen LogP contribution >= 0.6 is 0 Å². The number of carbonyl (C=O) groups excluding carboxylic acids is 1. The van der Waals surface area contributed by atoms with Gasteiger partial charge in [0.15, 0.2) is 18.1 Å². The summed E-state index contributed by atoms with van der Waals surface area (Å²) in [6, 6.07) is 5.54. The van der Waals surface area contributed by atoms with Gasteiger partial charge < -0.3 is 20.1 Å². The van der Waals surface area contributed by atoms with Crippen molar-refractivity contribution in [3.63, 3.8) is 0 Å². The van der Waals surface area contributed by atoms with E-state index in [-0.39, 0.29) is 12.5 Å². The number of benzene rings is 1.